The third kappa shape index (κ3) is 3.55. The Morgan fingerprint density at radius 2 is 1.87 bits per heavy atom. The van der Waals surface area contributed by atoms with Crippen molar-refractivity contribution in [2.45, 2.75) is 52.0 Å². The number of benzene rings is 1. The minimum Gasteiger partial charge on any atom is -0.391 e. The van der Waals surface area contributed by atoms with E-state index in [1.54, 1.807) is 0 Å². The average molecular weight is 313 g/mol. The number of carbonyl (C=O) groups is 1. The predicted molar refractivity (Wildman–Crippen MR) is 89.9 cm³/mol. The molecule has 1 amide bonds. The molecule has 122 valence electrons. The molecule has 1 aliphatic carbocycles. The molecule has 2 aromatic rings. The van der Waals surface area contributed by atoms with Crippen LogP contribution in [0.3, 0.4) is 0 Å². The van der Waals surface area contributed by atoms with Crippen molar-refractivity contribution in [3.8, 4) is 5.88 Å². The summed E-state index contributed by atoms with van der Waals surface area (Å²) in [6.45, 7) is 3.91. The molecular formula is C18H23N3O2. The minimum absolute atomic E-state index is 0.329. The third-order valence-electron chi connectivity index (χ3n) is 4.46. The molecule has 0 aliphatic heterocycles. The third-order valence-corrected chi connectivity index (χ3v) is 4.46. The van der Waals surface area contributed by atoms with Crippen LogP contribution in [0.4, 0.5) is 10.5 Å². The van der Waals surface area contributed by atoms with Crippen LogP contribution in [0, 0.1) is 13.8 Å². The van der Waals surface area contributed by atoms with Crippen LogP contribution in [0.5, 0.6) is 5.88 Å². The van der Waals surface area contributed by atoms with Crippen molar-refractivity contribution in [3.05, 3.63) is 41.6 Å². The van der Waals surface area contributed by atoms with E-state index in [1.165, 1.54) is 19.3 Å². The highest BCUT2D eigenvalue weighted by Gasteiger charge is 2.24. The molecule has 0 saturated heterocycles. The van der Waals surface area contributed by atoms with Crippen LogP contribution >= 0.6 is 0 Å². The summed E-state index contributed by atoms with van der Waals surface area (Å²) in [5.41, 5.74) is 2.56. The summed E-state index contributed by atoms with van der Waals surface area (Å²) < 4.78 is 7.52. The van der Waals surface area contributed by atoms with Crippen molar-refractivity contribution in [2.24, 2.45) is 0 Å². The summed E-state index contributed by atoms with van der Waals surface area (Å²) in [4.78, 5) is 12.2. The molecule has 1 saturated carbocycles. The van der Waals surface area contributed by atoms with E-state index in [0.29, 0.717) is 11.9 Å². The van der Waals surface area contributed by atoms with Crippen LogP contribution in [0.2, 0.25) is 0 Å². The second kappa shape index (κ2) is 6.86. The summed E-state index contributed by atoms with van der Waals surface area (Å²) >= 11 is 0. The Hall–Kier alpha value is -2.30. The van der Waals surface area contributed by atoms with Crippen molar-refractivity contribution in [3.63, 3.8) is 0 Å². The second-order valence-corrected chi connectivity index (χ2v) is 6.13. The summed E-state index contributed by atoms with van der Waals surface area (Å²) in [5, 5.41) is 7.36. The van der Waals surface area contributed by atoms with E-state index >= 15 is 0 Å². The zero-order valence-corrected chi connectivity index (χ0v) is 13.7. The fourth-order valence-electron chi connectivity index (χ4n) is 3.06. The van der Waals surface area contributed by atoms with Gasteiger partial charge >= 0.3 is 6.09 Å². The molecule has 0 bridgehead atoms. The molecule has 1 aromatic heterocycles. The Bertz CT molecular complexity index is 673. The first-order chi connectivity index (χ1) is 11.1. The SMILES string of the molecule is Cc1nn(C2CCCCC2)c(OC(=O)Nc2ccccc2)c1C. The molecule has 0 spiro atoms. The highest BCUT2D eigenvalue weighted by atomic mass is 16.6. The number of anilines is 1. The number of para-hydroxylation sites is 1. The molecule has 1 N–H and O–H groups in total. The van der Waals surface area contributed by atoms with Gasteiger partial charge in [0, 0.05) is 11.3 Å². The van der Waals surface area contributed by atoms with Gasteiger partial charge in [0.25, 0.3) is 0 Å². The van der Waals surface area contributed by atoms with E-state index in [4.69, 9.17) is 4.74 Å². The van der Waals surface area contributed by atoms with E-state index in [-0.39, 0.29) is 0 Å². The molecule has 0 unspecified atom stereocenters. The lowest BCUT2D eigenvalue weighted by Gasteiger charge is -2.23. The first kappa shape index (κ1) is 15.6. The van der Waals surface area contributed by atoms with Crippen LogP contribution in [-0.2, 0) is 0 Å². The lowest BCUT2D eigenvalue weighted by molar-refractivity contribution is 0.205. The fourth-order valence-corrected chi connectivity index (χ4v) is 3.06. The molecular weight excluding hydrogens is 290 g/mol. The monoisotopic (exact) mass is 313 g/mol. The van der Waals surface area contributed by atoms with Crippen LogP contribution in [0.25, 0.3) is 0 Å². The van der Waals surface area contributed by atoms with Gasteiger partial charge in [-0.15, -0.1) is 0 Å². The number of hydrogen-bond donors (Lipinski definition) is 1. The zero-order valence-electron chi connectivity index (χ0n) is 13.7. The number of aromatic nitrogens is 2. The fraction of sp³-hybridized carbons (Fsp3) is 0.444. The standard InChI is InChI=1S/C18H23N3O2/c1-13-14(2)20-21(16-11-7-4-8-12-16)17(13)23-18(22)19-15-9-5-3-6-10-15/h3,5-6,9-10,16H,4,7-8,11-12H2,1-2H3,(H,19,22). The maximum atomic E-state index is 12.2. The van der Waals surface area contributed by atoms with E-state index in [2.05, 4.69) is 10.4 Å². The first-order valence-corrected chi connectivity index (χ1v) is 8.24. The Labute approximate surface area is 136 Å². The van der Waals surface area contributed by atoms with Crippen LogP contribution in [0.15, 0.2) is 30.3 Å². The highest BCUT2D eigenvalue weighted by Crippen LogP contribution is 2.33. The minimum atomic E-state index is -0.476. The molecule has 1 aliphatic rings. The van der Waals surface area contributed by atoms with Crippen molar-refractivity contribution in [1.29, 1.82) is 0 Å². The van der Waals surface area contributed by atoms with Gasteiger partial charge in [-0.1, -0.05) is 37.5 Å². The Morgan fingerprint density at radius 1 is 1.17 bits per heavy atom. The second-order valence-electron chi connectivity index (χ2n) is 6.13. The van der Waals surface area contributed by atoms with Gasteiger partial charge in [0.2, 0.25) is 5.88 Å². The first-order valence-electron chi connectivity index (χ1n) is 8.24. The largest absolute Gasteiger partial charge is 0.418 e. The molecule has 1 fully saturated rings. The van der Waals surface area contributed by atoms with Gasteiger partial charge in [-0.25, -0.2) is 9.48 Å². The van der Waals surface area contributed by atoms with E-state index in [1.807, 2.05) is 48.9 Å². The van der Waals surface area contributed by atoms with Gasteiger partial charge in [0.05, 0.1) is 11.7 Å². The van der Waals surface area contributed by atoms with E-state index in [9.17, 15) is 4.79 Å². The van der Waals surface area contributed by atoms with Crippen LogP contribution in [0.1, 0.15) is 49.4 Å². The zero-order chi connectivity index (χ0) is 16.2. The normalized spacial score (nSPS) is 15.4. The highest BCUT2D eigenvalue weighted by molar-refractivity contribution is 5.86. The van der Waals surface area contributed by atoms with Gasteiger partial charge in [-0.05, 0) is 38.8 Å². The lowest BCUT2D eigenvalue weighted by Crippen LogP contribution is -2.21. The number of ether oxygens (including phenoxy) is 1. The van der Waals surface area contributed by atoms with Crippen molar-refractivity contribution < 1.29 is 9.53 Å². The number of hydrogen-bond acceptors (Lipinski definition) is 3. The van der Waals surface area contributed by atoms with Gasteiger partial charge in [-0.3, -0.25) is 5.32 Å². The smallest absolute Gasteiger partial charge is 0.391 e. The summed E-state index contributed by atoms with van der Waals surface area (Å²) in [5.74, 6) is 0.572. The van der Waals surface area contributed by atoms with Crippen molar-refractivity contribution in [2.75, 3.05) is 5.32 Å². The van der Waals surface area contributed by atoms with E-state index < -0.39 is 6.09 Å². The Balaban J connectivity index is 1.77. The molecule has 1 aromatic carbocycles. The van der Waals surface area contributed by atoms with Gasteiger partial charge in [0.1, 0.15) is 0 Å². The predicted octanol–water partition coefficient (Wildman–Crippen LogP) is 4.62. The van der Waals surface area contributed by atoms with Crippen molar-refractivity contribution in [1.82, 2.24) is 9.78 Å². The number of aryl methyl sites for hydroxylation is 1. The van der Waals surface area contributed by atoms with Crippen molar-refractivity contribution >= 4 is 11.8 Å². The van der Waals surface area contributed by atoms with Gasteiger partial charge in [-0.2, -0.15) is 5.10 Å². The van der Waals surface area contributed by atoms with Gasteiger partial charge in [0.15, 0.2) is 0 Å². The molecule has 23 heavy (non-hydrogen) atoms. The Kier molecular flexibility index (Phi) is 4.65. The Morgan fingerprint density at radius 3 is 2.57 bits per heavy atom. The maximum absolute atomic E-state index is 12.2. The maximum Gasteiger partial charge on any atom is 0.418 e. The summed E-state index contributed by atoms with van der Waals surface area (Å²) in [7, 11) is 0. The molecule has 5 nitrogen and oxygen atoms in total. The average Bonchev–Trinajstić information content (AvgIpc) is 2.85. The van der Waals surface area contributed by atoms with Crippen LogP contribution < -0.4 is 10.1 Å². The number of amides is 1. The molecule has 0 radical (unpaired) electrons. The lowest BCUT2D eigenvalue weighted by atomic mass is 9.96. The van der Waals surface area contributed by atoms with E-state index in [0.717, 1.165) is 29.8 Å². The number of carbonyl (C=O) groups excluding carboxylic acids is 1. The van der Waals surface area contributed by atoms with Gasteiger partial charge < -0.3 is 4.74 Å². The number of nitrogens with zero attached hydrogens (tertiary/aromatic N) is 2. The number of nitrogens with one attached hydrogen (secondary N) is 1. The molecule has 5 heteroatoms. The summed E-state index contributed by atoms with van der Waals surface area (Å²) in [6.07, 6.45) is 5.40. The molecule has 0 atom stereocenters. The summed E-state index contributed by atoms with van der Waals surface area (Å²) in [6, 6.07) is 9.64. The topological polar surface area (TPSA) is 56.2 Å². The molecule has 1 heterocycles. The number of rotatable bonds is 3. The molecule has 3 rings (SSSR count). The van der Waals surface area contributed by atoms with Crippen LogP contribution in [-0.4, -0.2) is 15.9 Å². The quantitative estimate of drug-likeness (QED) is 0.899.